The van der Waals surface area contributed by atoms with E-state index in [-0.39, 0.29) is 11.7 Å². The first kappa shape index (κ1) is 22.1. The number of nitrogens with zero attached hydrogens (tertiary/aromatic N) is 2. The maximum atomic E-state index is 12.5. The molecule has 2 atom stereocenters. The van der Waals surface area contributed by atoms with Gasteiger partial charge < -0.3 is 20.7 Å². The van der Waals surface area contributed by atoms with Gasteiger partial charge in [-0.05, 0) is 18.8 Å². The third-order valence-corrected chi connectivity index (χ3v) is 5.73. The van der Waals surface area contributed by atoms with Crippen molar-refractivity contribution in [2.75, 3.05) is 11.5 Å². The molecule has 1 aliphatic carbocycles. The number of aromatic nitrogens is 2. The van der Waals surface area contributed by atoms with Crippen LogP contribution in [0.5, 0.6) is 0 Å². The summed E-state index contributed by atoms with van der Waals surface area (Å²) < 4.78 is 65.3. The molecule has 1 saturated carbocycles. The van der Waals surface area contributed by atoms with Gasteiger partial charge in [-0.15, -0.1) is 0 Å². The van der Waals surface area contributed by atoms with Crippen molar-refractivity contribution in [3.8, 4) is 0 Å². The number of halogens is 3. The van der Waals surface area contributed by atoms with Gasteiger partial charge in [-0.25, -0.2) is 8.42 Å². The van der Waals surface area contributed by atoms with Crippen LogP contribution in [0.15, 0.2) is 4.52 Å². The summed E-state index contributed by atoms with van der Waals surface area (Å²) in [6, 6.07) is -1.46. The van der Waals surface area contributed by atoms with Crippen molar-refractivity contribution in [2.45, 2.75) is 44.0 Å². The van der Waals surface area contributed by atoms with Gasteiger partial charge >= 0.3 is 12.1 Å². The molecule has 0 spiro atoms. The summed E-state index contributed by atoms with van der Waals surface area (Å²) in [6.45, 7) is 0. The molecule has 1 aliphatic rings. The first-order valence-corrected chi connectivity index (χ1v) is 10.1. The number of nitrogens with one attached hydrogen (secondary N) is 1. The lowest BCUT2D eigenvalue weighted by Crippen LogP contribution is -2.42. The highest BCUT2D eigenvalue weighted by Gasteiger charge is 2.40. The first-order valence-electron chi connectivity index (χ1n) is 8.24. The first-order chi connectivity index (χ1) is 12.9. The van der Waals surface area contributed by atoms with E-state index in [0.29, 0.717) is 0 Å². The van der Waals surface area contributed by atoms with Gasteiger partial charge in [0.2, 0.25) is 17.6 Å². The van der Waals surface area contributed by atoms with Crippen LogP contribution >= 0.6 is 0 Å². The second-order valence-electron chi connectivity index (χ2n) is 6.55. The monoisotopic (exact) mass is 428 g/mol. The smallest absolute Gasteiger partial charge is 0.383 e. The molecule has 0 aliphatic heterocycles. The zero-order valence-corrected chi connectivity index (χ0v) is 15.3. The Morgan fingerprint density at radius 1 is 1.36 bits per heavy atom. The maximum absolute atomic E-state index is 12.5. The molecule has 1 fully saturated rings. The van der Waals surface area contributed by atoms with Crippen LogP contribution in [0.2, 0.25) is 0 Å². The molecule has 0 unspecified atom stereocenters. The Labute approximate surface area is 157 Å². The SMILES string of the molecule is NC(=O)C[C@H](NC(=O)CCS(=O)(=O)CC1CC1)[C@H](O)c1noc(C(F)(F)F)n1. The van der Waals surface area contributed by atoms with Gasteiger partial charge in [0.15, 0.2) is 9.84 Å². The van der Waals surface area contributed by atoms with Gasteiger partial charge in [0.25, 0.3) is 0 Å². The van der Waals surface area contributed by atoms with Gasteiger partial charge in [-0.3, -0.25) is 9.59 Å². The van der Waals surface area contributed by atoms with E-state index in [2.05, 4.69) is 20.0 Å². The summed E-state index contributed by atoms with van der Waals surface area (Å²) in [7, 11) is -3.44. The largest absolute Gasteiger partial charge is 0.471 e. The van der Waals surface area contributed by atoms with E-state index in [1.165, 1.54) is 0 Å². The zero-order valence-electron chi connectivity index (χ0n) is 14.5. The molecule has 0 bridgehead atoms. The third-order valence-electron chi connectivity index (χ3n) is 3.92. The summed E-state index contributed by atoms with van der Waals surface area (Å²) in [5.74, 6) is -4.66. The van der Waals surface area contributed by atoms with E-state index in [0.717, 1.165) is 12.8 Å². The van der Waals surface area contributed by atoms with Crippen molar-refractivity contribution in [1.82, 2.24) is 15.5 Å². The number of primary amides is 1. The quantitative estimate of drug-likeness (QED) is 0.457. The average molecular weight is 428 g/mol. The van der Waals surface area contributed by atoms with E-state index < -0.39 is 70.3 Å². The normalized spacial score (nSPS) is 17.1. The van der Waals surface area contributed by atoms with Crippen LogP contribution in [0, 0.1) is 5.92 Å². The molecule has 1 aromatic rings. The van der Waals surface area contributed by atoms with Gasteiger partial charge in [0.1, 0.15) is 6.10 Å². The molecular weight excluding hydrogens is 409 g/mol. The van der Waals surface area contributed by atoms with Crippen molar-refractivity contribution in [3.05, 3.63) is 11.7 Å². The van der Waals surface area contributed by atoms with E-state index >= 15 is 0 Å². The predicted octanol–water partition coefficient (Wildman–Crippen LogP) is -0.303. The van der Waals surface area contributed by atoms with Crippen LogP contribution in [0.1, 0.15) is 43.5 Å². The maximum Gasteiger partial charge on any atom is 0.471 e. The average Bonchev–Trinajstić information content (AvgIpc) is 3.20. The summed E-state index contributed by atoms with van der Waals surface area (Å²) in [6.07, 6.45) is -6.32. The molecule has 0 saturated heterocycles. The number of aliphatic hydroxyl groups excluding tert-OH is 1. The predicted molar refractivity (Wildman–Crippen MR) is 86.0 cm³/mol. The number of rotatable bonds is 10. The van der Waals surface area contributed by atoms with Crippen LogP contribution in [0.25, 0.3) is 0 Å². The minimum absolute atomic E-state index is 0.0172. The summed E-state index contributed by atoms with van der Waals surface area (Å²) in [5.41, 5.74) is 5.02. The zero-order chi connectivity index (χ0) is 21.1. The van der Waals surface area contributed by atoms with E-state index in [1.54, 1.807) is 0 Å². The van der Waals surface area contributed by atoms with Crippen molar-refractivity contribution in [2.24, 2.45) is 11.7 Å². The number of aliphatic hydroxyl groups is 1. The molecule has 158 valence electrons. The fraction of sp³-hybridized carbons (Fsp3) is 0.714. The fourth-order valence-corrected chi connectivity index (χ4v) is 4.08. The van der Waals surface area contributed by atoms with Crippen LogP contribution in [0.4, 0.5) is 13.2 Å². The molecule has 1 aromatic heterocycles. The highest BCUT2D eigenvalue weighted by Crippen LogP contribution is 2.31. The summed E-state index contributed by atoms with van der Waals surface area (Å²) in [4.78, 5) is 26.1. The number of hydrogen-bond acceptors (Lipinski definition) is 8. The minimum Gasteiger partial charge on any atom is -0.383 e. The van der Waals surface area contributed by atoms with Crippen molar-refractivity contribution in [3.63, 3.8) is 0 Å². The molecule has 0 aromatic carbocycles. The van der Waals surface area contributed by atoms with E-state index in [4.69, 9.17) is 5.73 Å². The summed E-state index contributed by atoms with van der Waals surface area (Å²) >= 11 is 0. The van der Waals surface area contributed by atoms with Crippen molar-refractivity contribution < 1.29 is 40.8 Å². The van der Waals surface area contributed by atoms with Gasteiger partial charge in [0, 0.05) is 12.8 Å². The van der Waals surface area contributed by atoms with Crippen LogP contribution in [-0.2, 0) is 25.6 Å². The number of hydrogen-bond donors (Lipinski definition) is 3. The molecule has 28 heavy (non-hydrogen) atoms. The topological polar surface area (TPSA) is 165 Å². The van der Waals surface area contributed by atoms with Crippen LogP contribution in [0.3, 0.4) is 0 Å². The van der Waals surface area contributed by atoms with Crippen molar-refractivity contribution in [1.29, 1.82) is 0 Å². The second-order valence-corrected chi connectivity index (χ2v) is 8.78. The second kappa shape index (κ2) is 8.43. The molecule has 2 amide bonds. The number of carbonyl (C=O) groups is 2. The fourth-order valence-electron chi connectivity index (χ4n) is 2.36. The Kier molecular flexibility index (Phi) is 6.64. The molecule has 4 N–H and O–H groups in total. The van der Waals surface area contributed by atoms with Gasteiger partial charge in [0.05, 0.1) is 17.5 Å². The lowest BCUT2D eigenvalue weighted by molar-refractivity contribution is -0.159. The molecule has 1 heterocycles. The minimum atomic E-state index is -4.94. The van der Waals surface area contributed by atoms with E-state index in [1.807, 2.05) is 0 Å². The lowest BCUT2D eigenvalue weighted by Gasteiger charge is -2.20. The molecule has 10 nitrogen and oxygen atoms in total. The number of nitrogens with two attached hydrogens (primary N) is 1. The summed E-state index contributed by atoms with van der Waals surface area (Å²) in [5, 5.41) is 15.3. The Morgan fingerprint density at radius 2 is 2.00 bits per heavy atom. The molecular formula is C14H19F3N4O6S. The third kappa shape index (κ3) is 6.74. The Morgan fingerprint density at radius 3 is 2.50 bits per heavy atom. The van der Waals surface area contributed by atoms with E-state index in [9.17, 15) is 36.3 Å². The van der Waals surface area contributed by atoms with Gasteiger partial charge in [-0.1, -0.05) is 5.16 Å². The molecule has 2 rings (SSSR count). The lowest BCUT2D eigenvalue weighted by atomic mass is 10.1. The molecule has 0 radical (unpaired) electrons. The number of carbonyl (C=O) groups excluding carboxylic acids is 2. The van der Waals surface area contributed by atoms with Gasteiger partial charge in [-0.2, -0.15) is 18.2 Å². The standard InChI is InChI=1S/C14H19F3N4O6S/c15-14(16,17)13-20-12(21-27-13)11(24)8(5-9(18)22)19-10(23)3-4-28(25,26)6-7-1-2-7/h7-8,11,24H,1-6H2,(H2,18,22)(H,19,23)/t8-,11-/m0/s1. The number of sulfone groups is 1. The Hall–Kier alpha value is -2.22. The highest BCUT2D eigenvalue weighted by molar-refractivity contribution is 7.91. The Bertz CT molecular complexity index is 821. The molecule has 14 heteroatoms. The van der Waals surface area contributed by atoms with Crippen LogP contribution < -0.4 is 11.1 Å². The number of amides is 2. The number of alkyl halides is 3. The van der Waals surface area contributed by atoms with Crippen molar-refractivity contribution >= 4 is 21.7 Å². The Balaban J connectivity index is 2.00. The highest BCUT2D eigenvalue weighted by atomic mass is 32.2. The van der Waals surface area contributed by atoms with Crippen LogP contribution in [-0.4, -0.2) is 53.0 Å².